The van der Waals surface area contributed by atoms with Crippen molar-refractivity contribution in [1.82, 2.24) is 15.5 Å². The minimum absolute atomic E-state index is 0.0919. The number of carbonyl (C=O) groups excluding carboxylic acids is 3. The topological polar surface area (TPSA) is 105 Å². The van der Waals surface area contributed by atoms with Crippen molar-refractivity contribution in [1.29, 1.82) is 0 Å². The van der Waals surface area contributed by atoms with Crippen molar-refractivity contribution in [2.75, 3.05) is 6.54 Å². The molecule has 0 atom stereocenters. The third-order valence-corrected chi connectivity index (χ3v) is 6.75. The first-order valence-electron chi connectivity index (χ1n) is 10.3. The Morgan fingerprint density at radius 1 is 1.15 bits per heavy atom. The van der Waals surface area contributed by atoms with E-state index < -0.39 is 11.6 Å². The maximum atomic E-state index is 13.0. The molecule has 1 aliphatic heterocycles. The normalized spacial score (nSPS) is 34.7. The molecule has 4 N–H and O–H groups in total. The van der Waals surface area contributed by atoms with Crippen LogP contribution in [0.25, 0.3) is 0 Å². The summed E-state index contributed by atoms with van der Waals surface area (Å²) in [6.07, 6.45) is 6.63. The molecule has 0 aromatic heterocycles. The molecule has 4 amide bonds. The van der Waals surface area contributed by atoms with E-state index in [1.54, 1.807) is 0 Å². The molecule has 7 nitrogen and oxygen atoms in total. The fourth-order valence-corrected chi connectivity index (χ4v) is 4.82. The number of rotatable bonds is 3. The lowest BCUT2D eigenvalue weighted by Crippen LogP contribution is -2.51. The Morgan fingerprint density at radius 2 is 1.74 bits per heavy atom. The van der Waals surface area contributed by atoms with Crippen molar-refractivity contribution in [2.24, 2.45) is 17.1 Å². The first-order chi connectivity index (χ1) is 12.6. The van der Waals surface area contributed by atoms with Gasteiger partial charge in [0.1, 0.15) is 12.1 Å². The van der Waals surface area contributed by atoms with Gasteiger partial charge in [0.2, 0.25) is 5.91 Å². The molecular weight excluding hydrogens is 344 g/mol. The first-order valence-corrected chi connectivity index (χ1v) is 10.3. The molecule has 3 rings (SSSR count). The molecular formula is C20H34N4O3. The van der Waals surface area contributed by atoms with Crippen molar-refractivity contribution in [3.63, 3.8) is 0 Å². The van der Waals surface area contributed by atoms with E-state index in [2.05, 4.69) is 31.4 Å². The molecule has 3 aliphatic rings. The van der Waals surface area contributed by atoms with Crippen LogP contribution in [0, 0.1) is 11.3 Å². The predicted octanol–water partition coefficient (Wildman–Crippen LogP) is 1.90. The number of urea groups is 1. The van der Waals surface area contributed by atoms with E-state index in [9.17, 15) is 14.4 Å². The zero-order valence-corrected chi connectivity index (χ0v) is 16.8. The Bertz CT molecular complexity index is 597. The van der Waals surface area contributed by atoms with Crippen LogP contribution in [0.4, 0.5) is 4.79 Å². The molecule has 1 heterocycles. The zero-order valence-electron chi connectivity index (χ0n) is 16.8. The van der Waals surface area contributed by atoms with Crippen molar-refractivity contribution in [3.8, 4) is 0 Å². The number of hydrogen-bond acceptors (Lipinski definition) is 4. The van der Waals surface area contributed by atoms with E-state index in [0.29, 0.717) is 18.8 Å². The number of nitrogens with zero attached hydrogens (tertiary/aromatic N) is 1. The highest BCUT2D eigenvalue weighted by Crippen LogP contribution is 2.43. The van der Waals surface area contributed by atoms with Gasteiger partial charge in [0.25, 0.3) is 5.91 Å². The molecule has 2 aliphatic carbocycles. The van der Waals surface area contributed by atoms with Gasteiger partial charge in [-0.05, 0) is 62.7 Å². The summed E-state index contributed by atoms with van der Waals surface area (Å²) in [4.78, 5) is 38.8. The van der Waals surface area contributed by atoms with Crippen molar-refractivity contribution in [3.05, 3.63) is 0 Å². The van der Waals surface area contributed by atoms with E-state index in [-0.39, 0.29) is 35.9 Å². The summed E-state index contributed by atoms with van der Waals surface area (Å²) in [5.41, 5.74) is 5.29. The molecule has 0 aromatic carbocycles. The first kappa shape index (κ1) is 20.1. The third kappa shape index (κ3) is 4.28. The van der Waals surface area contributed by atoms with Gasteiger partial charge < -0.3 is 16.4 Å². The van der Waals surface area contributed by atoms with E-state index in [4.69, 9.17) is 5.73 Å². The van der Waals surface area contributed by atoms with Crippen LogP contribution in [0.5, 0.6) is 0 Å². The summed E-state index contributed by atoms with van der Waals surface area (Å²) in [6, 6.07) is -0.128. The smallest absolute Gasteiger partial charge is 0.325 e. The van der Waals surface area contributed by atoms with Crippen molar-refractivity contribution in [2.45, 2.75) is 89.8 Å². The summed E-state index contributed by atoms with van der Waals surface area (Å²) >= 11 is 0. The fraction of sp³-hybridized carbons (Fsp3) is 0.850. The van der Waals surface area contributed by atoms with Crippen LogP contribution in [-0.4, -0.2) is 46.9 Å². The van der Waals surface area contributed by atoms with Crippen molar-refractivity contribution >= 4 is 17.8 Å². The Hall–Kier alpha value is -1.63. The lowest BCUT2D eigenvalue weighted by molar-refractivity contribution is -0.136. The number of hydrogen-bond donors (Lipinski definition) is 3. The minimum atomic E-state index is -0.809. The second-order valence-electron chi connectivity index (χ2n) is 9.72. The minimum Gasteiger partial charge on any atom is -0.352 e. The van der Waals surface area contributed by atoms with Gasteiger partial charge in [-0.15, -0.1) is 0 Å². The van der Waals surface area contributed by atoms with E-state index in [1.165, 1.54) is 0 Å². The quantitative estimate of drug-likeness (QED) is 0.652. The lowest BCUT2D eigenvalue weighted by atomic mass is 9.67. The molecule has 1 spiro atoms. The number of carbonyl (C=O) groups is 3. The van der Waals surface area contributed by atoms with Crippen LogP contribution in [-0.2, 0) is 9.59 Å². The second-order valence-corrected chi connectivity index (χ2v) is 9.72. The van der Waals surface area contributed by atoms with Crippen LogP contribution < -0.4 is 16.4 Å². The molecule has 0 radical (unpaired) electrons. The molecule has 0 aromatic rings. The highest BCUT2D eigenvalue weighted by molar-refractivity contribution is 6.09. The van der Waals surface area contributed by atoms with Gasteiger partial charge in [-0.3, -0.25) is 14.5 Å². The Labute approximate surface area is 161 Å². The maximum Gasteiger partial charge on any atom is 0.325 e. The number of imide groups is 1. The Morgan fingerprint density at radius 3 is 2.30 bits per heavy atom. The average molecular weight is 379 g/mol. The van der Waals surface area contributed by atoms with Crippen LogP contribution in [0.15, 0.2) is 0 Å². The third-order valence-electron chi connectivity index (χ3n) is 6.75. The monoisotopic (exact) mass is 378 g/mol. The fourth-order valence-electron chi connectivity index (χ4n) is 4.82. The largest absolute Gasteiger partial charge is 0.352 e. The van der Waals surface area contributed by atoms with Gasteiger partial charge in [-0.25, -0.2) is 4.79 Å². The van der Waals surface area contributed by atoms with Gasteiger partial charge in [0.05, 0.1) is 0 Å². The average Bonchev–Trinajstić information content (AvgIpc) is 2.81. The van der Waals surface area contributed by atoms with E-state index >= 15 is 0 Å². The summed E-state index contributed by atoms with van der Waals surface area (Å²) in [7, 11) is 0. The van der Waals surface area contributed by atoms with Crippen LogP contribution in [0.3, 0.4) is 0 Å². The van der Waals surface area contributed by atoms with Crippen molar-refractivity contribution < 1.29 is 14.4 Å². The zero-order chi connectivity index (χ0) is 19.8. The van der Waals surface area contributed by atoms with E-state index in [0.717, 1.165) is 43.4 Å². The van der Waals surface area contributed by atoms with Gasteiger partial charge in [-0.1, -0.05) is 20.8 Å². The number of nitrogens with two attached hydrogens (primary N) is 1. The van der Waals surface area contributed by atoms with Gasteiger partial charge in [0, 0.05) is 12.1 Å². The standard InChI is InChI=1S/C20H34N4O3/c1-19(2,3)13-8-10-20(11-9-13)17(26)24(18(27)23-20)12-16(25)22-15-6-4-14(21)5-7-15/h13-15H,4-12,21H2,1-3H3,(H,22,25)(H,23,27). The highest BCUT2D eigenvalue weighted by atomic mass is 16.2. The van der Waals surface area contributed by atoms with Gasteiger partial charge in [0.15, 0.2) is 0 Å². The Kier molecular flexibility index (Phi) is 5.52. The molecule has 152 valence electrons. The number of amides is 4. The summed E-state index contributed by atoms with van der Waals surface area (Å²) < 4.78 is 0. The molecule has 2 saturated carbocycles. The molecule has 0 bridgehead atoms. The summed E-state index contributed by atoms with van der Waals surface area (Å²) in [6.45, 7) is 6.47. The number of nitrogens with one attached hydrogen (secondary N) is 2. The van der Waals surface area contributed by atoms with Crippen LogP contribution in [0.2, 0.25) is 0 Å². The molecule has 27 heavy (non-hydrogen) atoms. The van der Waals surface area contributed by atoms with Crippen LogP contribution in [0.1, 0.15) is 72.1 Å². The Balaban J connectivity index is 1.56. The van der Waals surface area contributed by atoms with Gasteiger partial charge >= 0.3 is 6.03 Å². The van der Waals surface area contributed by atoms with Gasteiger partial charge in [-0.2, -0.15) is 0 Å². The molecule has 3 fully saturated rings. The SMILES string of the molecule is CC(C)(C)C1CCC2(CC1)NC(=O)N(CC(=O)NC1CCC(N)CC1)C2=O. The predicted molar refractivity (Wildman–Crippen MR) is 103 cm³/mol. The second kappa shape index (κ2) is 7.41. The van der Waals surface area contributed by atoms with E-state index in [1.807, 2.05) is 0 Å². The summed E-state index contributed by atoms with van der Waals surface area (Å²) in [5, 5.41) is 5.85. The summed E-state index contributed by atoms with van der Waals surface area (Å²) in [5.74, 6) is 0.0444. The van der Waals surface area contributed by atoms with Crippen LogP contribution >= 0.6 is 0 Å². The lowest BCUT2D eigenvalue weighted by Gasteiger charge is -2.40. The molecule has 0 unspecified atom stereocenters. The highest BCUT2D eigenvalue weighted by Gasteiger charge is 2.53. The molecule has 1 saturated heterocycles. The molecule has 7 heteroatoms. The maximum absolute atomic E-state index is 13.0.